The number of rotatable bonds is 4. The summed E-state index contributed by atoms with van der Waals surface area (Å²) in [5, 5.41) is 2.62. The van der Waals surface area contributed by atoms with Gasteiger partial charge in [0.15, 0.2) is 0 Å². The molecule has 0 aliphatic rings. The van der Waals surface area contributed by atoms with Crippen molar-refractivity contribution in [2.45, 2.75) is 26.1 Å². The second-order valence-corrected chi connectivity index (χ2v) is 7.83. The highest BCUT2D eigenvalue weighted by Gasteiger charge is 2.30. The zero-order chi connectivity index (χ0) is 22.3. The van der Waals surface area contributed by atoms with E-state index in [0.29, 0.717) is 27.6 Å². The summed E-state index contributed by atoms with van der Waals surface area (Å²) in [4.78, 5) is 25.6. The van der Waals surface area contributed by atoms with Crippen molar-refractivity contribution in [3.8, 4) is 0 Å². The minimum Gasteiger partial charge on any atom is -0.325 e. The molecular formula is C22H17BrF3N3O2. The summed E-state index contributed by atoms with van der Waals surface area (Å²) >= 11 is 3.37. The second-order valence-electron chi connectivity index (χ2n) is 7.03. The van der Waals surface area contributed by atoms with Gasteiger partial charge in [-0.2, -0.15) is 13.2 Å². The molecule has 2 heterocycles. The number of aromatic nitrogens is 2. The average Bonchev–Trinajstić information content (AvgIpc) is 3.04. The number of halogens is 4. The number of anilines is 1. The van der Waals surface area contributed by atoms with E-state index in [-0.39, 0.29) is 17.8 Å². The van der Waals surface area contributed by atoms with E-state index in [4.69, 9.17) is 0 Å². The van der Waals surface area contributed by atoms with Crippen LogP contribution in [0.15, 0.2) is 63.9 Å². The first-order valence-electron chi connectivity index (χ1n) is 9.49. The maximum atomic E-state index is 12.9. The molecule has 4 rings (SSSR count). The smallest absolute Gasteiger partial charge is 0.325 e. The Hall–Kier alpha value is -3.07. The monoisotopic (exact) mass is 491 g/mol. The number of alkyl halides is 3. The van der Waals surface area contributed by atoms with Gasteiger partial charge in [0, 0.05) is 5.69 Å². The van der Waals surface area contributed by atoms with Crippen LogP contribution in [-0.2, 0) is 23.9 Å². The summed E-state index contributed by atoms with van der Waals surface area (Å²) < 4.78 is 41.9. The van der Waals surface area contributed by atoms with E-state index in [2.05, 4.69) is 21.2 Å². The molecule has 2 aromatic carbocycles. The third-order valence-electron chi connectivity index (χ3n) is 5.07. The molecule has 0 aliphatic carbocycles. The van der Waals surface area contributed by atoms with Crippen LogP contribution in [0.25, 0.3) is 16.7 Å². The quantitative estimate of drug-likeness (QED) is 0.424. The predicted molar refractivity (Wildman–Crippen MR) is 116 cm³/mol. The first kappa shape index (κ1) is 21.2. The molecule has 0 atom stereocenters. The molecule has 2 aromatic heterocycles. The van der Waals surface area contributed by atoms with Crippen molar-refractivity contribution < 1.29 is 18.0 Å². The highest BCUT2D eigenvalue weighted by atomic mass is 79.9. The maximum absolute atomic E-state index is 12.9. The number of carbonyl (C=O) groups is 1. The Bertz CT molecular complexity index is 1360. The number of benzene rings is 2. The van der Waals surface area contributed by atoms with Crippen molar-refractivity contribution in [1.29, 1.82) is 0 Å². The lowest BCUT2D eigenvalue weighted by atomic mass is 10.2. The Morgan fingerprint density at radius 1 is 1.06 bits per heavy atom. The molecule has 31 heavy (non-hydrogen) atoms. The SMILES string of the molecule is CCc1cc2n(CC(=O)Nc3ccc(C(F)(F)F)cc3)c3ccccc3n2c(=O)c1Br. The molecule has 9 heteroatoms. The van der Waals surface area contributed by atoms with Crippen LogP contribution in [0.2, 0.25) is 0 Å². The molecule has 0 unspecified atom stereocenters. The fourth-order valence-electron chi connectivity index (χ4n) is 3.57. The summed E-state index contributed by atoms with van der Waals surface area (Å²) in [6, 6.07) is 13.3. The molecule has 160 valence electrons. The third-order valence-corrected chi connectivity index (χ3v) is 5.92. The van der Waals surface area contributed by atoms with E-state index in [1.54, 1.807) is 15.0 Å². The number of amides is 1. The molecule has 0 saturated carbocycles. The normalized spacial score (nSPS) is 11.9. The van der Waals surface area contributed by atoms with Gasteiger partial charge in [0.25, 0.3) is 5.56 Å². The molecule has 0 fully saturated rings. The van der Waals surface area contributed by atoms with E-state index in [0.717, 1.165) is 17.7 Å². The van der Waals surface area contributed by atoms with Gasteiger partial charge in [0.05, 0.1) is 21.1 Å². The molecule has 1 amide bonds. The summed E-state index contributed by atoms with van der Waals surface area (Å²) in [7, 11) is 0. The molecule has 0 spiro atoms. The second kappa shape index (κ2) is 7.88. The number of imidazole rings is 1. The van der Waals surface area contributed by atoms with Crippen LogP contribution in [0.1, 0.15) is 18.1 Å². The maximum Gasteiger partial charge on any atom is 0.416 e. The fraction of sp³-hybridized carbons (Fsp3) is 0.182. The summed E-state index contributed by atoms with van der Waals surface area (Å²) in [6.45, 7) is 1.82. The molecule has 0 bridgehead atoms. The molecule has 0 aliphatic heterocycles. The van der Waals surface area contributed by atoms with Crippen LogP contribution in [0.3, 0.4) is 0 Å². The predicted octanol–water partition coefficient (Wildman–Crippen LogP) is 5.24. The van der Waals surface area contributed by atoms with Gasteiger partial charge in [-0.25, -0.2) is 0 Å². The van der Waals surface area contributed by atoms with Crippen LogP contribution in [-0.4, -0.2) is 14.9 Å². The van der Waals surface area contributed by atoms with E-state index in [1.807, 2.05) is 31.2 Å². The van der Waals surface area contributed by atoms with E-state index < -0.39 is 17.6 Å². The Kier molecular flexibility index (Phi) is 5.38. The van der Waals surface area contributed by atoms with Crippen LogP contribution in [0.5, 0.6) is 0 Å². The fourth-order valence-corrected chi connectivity index (χ4v) is 4.14. The molecule has 0 saturated heterocycles. The van der Waals surface area contributed by atoms with E-state index in [9.17, 15) is 22.8 Å². The minimum atomic E-state index is -4.44. The Balaban J connectivity index is 1.73. The van der Waals surface area contributed by atoms with Crippen molar-refractivity contribution >= 4 is 44.2 Å². The summed E-state index contributed by atoms with van der Waals surface area (Å²) in [6.07, 6.45) is -3.81. The van der Waals surface area contributed by atoms with Gasteiger partial charge in [-0.3, -0.25) is 14.0 Å². The zero-order valence-electron chi connectivity index (χ0n) is 16.3. The number of fused-ring (bicyclic) bond motifs is 3. The van der Waals surface area contributed by atoms with Crippen LogP contribution >= 0.6 is 15.9 Å². The first-order valence-corrected chi connectivity index (χ1v) is 10.3. The van der Waals surface area contributed by atoms with Crippen LogP contribution < -0.4 is 10.9 Å². The Morgan fingerprint density at radius 3 is 2.32 bits per heavy atom. The van der Waals surface area contributed by atoms with E-state index in [1.165, 1.54) is 12.1 Å². The van der Waals surface area contributed by atoms with Gasteiger partial charge in [0.1, 0.15) is 12.2 Å². The molecule has 0 radical (unpaired) electrons. The largest absolute Gasteiger partial charge is 0.416 e. The summed E-state index contributed by atoms with van der Waals surface area (Å²) in [5.41, 5.74) is 1.99. The lowest BCUT2D eigenvalue weighted by Gasteiger charge is -2.11. The number of nitrogens with zero attached hydrogens (tertiary/aromatic N) is 2. The van der Waals surface area contributed by atoms with Gasteiger partial charge >= 0.3 is 6.18 Å². The minimum absolute atomic E-state index is 0.109. The molecule has 1 N–H and O–H groups in total. The third kappa shape index (κ3) is 3.85. The molecule has 4 aromatic rings. The Labute approximate surface area is 183 Å². The summed E-state index contributed by atoms with van der Waals surface area (Å²) in [5.74, 6) is -0.420. The van der Waals surface area contributed by atoms with Crippen molar-refractivity contribution in [3.05, 3.63) is 80.6 Å². The highest BCUT2D eigenvalue weighted by Crippen LogP contribution is 2.30. The Morgan fingerprint density at radius 2 is 1.71 bits per heavy atom. The van der Waals surface area contributed by atoms with Gasteiger partial charge < -0.3 is 9.88 Å². The molecular weight excluding hydrogens is 475 g/mol. The number of hydrogen-bond acceptors (Lipinski definition) is 2. The van der Waals surface area contributed by atoms with Crippen LogP contribution in [0, 0.1) is 0 Å². The van der Waals surface area contributed by atoms with Gasteiger partial charge in [-0.05, 0) is 70.4 Å². The average molecular weight is 492 g/mol. The van der Waals surface area contributed by atoms with Crippen molar-refractivity contribution in [2.75, 3.05) is 5.32 Å². The van der Waals surface area contributed by atoms with Crippen molar-refractivity contribution in [3.63, 3.8) is 0 Å². The number of para-hydroxylation sites is 2. The number of carbonyl (C=O) groups excluding carboxylic acids is 1. The first-order chi connectivity index (χ1) is 14.7. The van der Waals surface area contributed by atoms with Crippen molar-refractivity contribution in [1.82, 2.24) is 8.97 Å². The zero-order valence-corrected chi connectivity index (χ0v) is 17.9. The standard InChI is InChI=1S/C22H17BrF3N3O2/c1-2-13-11-19-28(16-5-3-4-6-17(16)29(19)21(31)20(13)23)12-18(30)27-15-9-7-14(8-10-15)22(24,25)26/h3-11H,2,12H2,1H3,(H,27,30). The number of pyridine rings is 1. The number of nitrogens with one attached hydrogen (secondary N) is 1. The topological polar surface area (TPSA) is 55.5 Å². The number of aryl methyl sites for hydroxylation is 1. The van der Waals surface area contributed by atoms with Gasteiger partial charge in [-0.1, -0.05) is 19.1 Å². The lowest BCUT2D eigenvalue weighted by Crippen LogP contribution is -2.20. The van der Waals surface area contributed by atoms with Crippen molar-refractivity contribution in [2.24, 2.45) is 0 Å². The van der Waals surface area contributed by atoms with E-state index >= 15 is 0 Å². The van der Waals surface area contributed by atoms with Gasteiger partial charge in [-0.15, -0.1) is 0 Å². The highest BCUT2D eigenvalue weighted by molar-refractivity contribution is 9.10. The number of hydrogen-bond donors (Lipinski definition) is 1. The van der Waals surface area contributed by atoms with Gasteiger partial charge in [0.2, 0.25) is 5.91 Å². The molecule has 5 nitrogen and oxygen atoms in total. The lowest BCUT2D eigenvalue weighted by molar-refractivity contribution is -0.137. The van der Waals surface area contributed by atoms with Crippen LogP contribution in [0.4, 0.5) is 18.9 Å².